The van der Waals surface area contributed by atoms with Crippen LogP contribution in [0.3, 0.4) is 0 Å². The molecule has 1 aliphatic rings. The Hall–Kier alpha value is -4.12. The van der Waals surface area contributed by atoms with E-state index >= 15 is 0 Å². The van der Waals surface area contributed by atoms with Gasteiger partial charge in [-0.1, -0.05) is 61.2 Å². The molecule has 0 bridgehead atoms. The van der Waals surface area contributed by atoms with Gasteiger partial charge < -0.3 is 14.1 Å². The number of amides is 1. The predicted octanol–water partition coefficient (Wildman–Crippen LogP) is 5.72. The Morgan fingerprint density at radius 1 is 1.03 bits per heavy atom. The first-order valence-corrected chi connectivity index (χ1v) is 11.2. The van der Waals surface area contributed by atoms with E-state index in [0.29, 0.717) is 35.4 Å². The summed E-state index contributed by atoms with van der Waals surface area (Å²) in [6.07, 6.45) is 1.67. The number of aryl methyl sites for hydroxylation is 2. The first kappa shape index (κ1) is 21.7. The SMILES string of the molecule is C=CCOc1cccc(C2c3c(oc4cc(C)cc(C)c4c3=O)C(=O)N2Cc2ccccc2)c1. The van der Waals surface area contributed by atoms with Crippen molar-refractivity contribution in [2.45, 2.75) is 26.4 Å². The normalized spacial score (nSPS) is 14.9. The predicted molar refractivity (Wildman–Crippen MR) is 132 cm³/mol. The molecule has 1 unspecified atom stereocenters. The lowest BCUT2D eigenvalue weighted by molar-refractivity contribution is 0.0714. The molecule has 2 heterocycles. The molecule has 1 aromatic heterocycles. The summed E-state index contributed by atoms with van der Waals surface area (Å²) in [7, 11) is 0. The number of rotatable bonds is 6. The molecule has 0 saturated carbocycles. The number of hydrogen-bond acceptors (Lipinski definition) is 4. The summed E-state index contributed by atoms with van der Waals surface area (Å²) in [6, 6.07) is 20.4. The number of benzene rings is 3. The summed E-state index contributed by atoms with van der Waals surface area (Å²) in [5.41, 5.74) is 4.22. The molecule has 0 aliphatic carbocycles. The Morgan fingerprint density at radius 2 is 1.82 bits per heavy atom. The van der Waals surface area contributed by atoms with E-state index in [1.54, 1.807) is 11.0 Å². The van der Waals surface area contributed by atoms with Crippen molar-refractivity contribution in [3.63, 3.8) is 0 Å². The maximum absolute atomic E-state index is 13.9. The lowest BCUT2D eigenvalue weighted by Crippen LogP contribution is -2.29. The van der Waals surface area contributed by atoms with Crippen LogP contribution in [0.1, 0.15) is 44.4 Å². The number of carbonyl (C=O) groups is 1. The van der Waals surface area contributed by atoms with Gasteiger partial charge in [-0.2, -0.15) is 0 Å². The van der Waals surface area contributed by atoms with Crippen molar-refractivity contribution >= 4 is 16.9 Å². The van der Waals surface area contributed by atoms with Crippen molar-refractivity contribution in [1.82, 2.24) is 4.90 Å². The maximum atomic E-state index is 13.9. The fraction of sp³-hybridized carbons (Fsp3) is 0.172. The Morgan fingerprint density at radius 3 is 2.59 bits per heavy atom. The van der Waals surface area contributed by atoms with Gasteiger partial charge in [0.2, 0.25) is 5.76 Å². The molecule has 3 aromatic carbocycles. The topological polar surface area (TPSA) is 59.8 Å². The largest absolute Gasteiger partial charge is 0.490 e. The molecule has 5 nitrogen and oxygen atoms in total. The third kappa shape index (κ3) is 3.69. The minimum absolute atomic E-state index is 0.112. The Labute approximate surface area is 197 Å². The standard InChI is InChI=1S/C29H25NO4/c1-4-13-33-22-12-8-11-21(16-22)26-25-27(31)24-19(3)14-18(2)15-23(24)34-28(25)29(32)30(26)17-20-9-6-5-7-10-20/h4-12,14-16,26H,1,13,17H2,2-3H3. The number of ether oxygens (including phenoxy) is 1. The molecule has 0 fully saturated rings. The average molecular weight is 452 g/mol. The highest BCUT2D eigenvalue weighted by Gasteiger charge is 2.43. The van der Waals surface area contributed by atoms with Gasteiger partial charge in [-0.05, 0) is 54.3 Å². The second-order valence-corrected chi connectivity index (χ2v) is 8.62. The van der Waals surface area contributed by atoms with Gasteiger partial charge >= 0.3 is 0 Å². The van der Waals surface area contributed by atoms with E-state index in [2.05, 4.69) is 6.58 Å². The average Bonchev–Trinajstić information content (AvgIpc) is 3.10. The van der Waals surface area contributed by atoms with Crippen molar-refractivity contribution in [2.75, 3.05) is 6.61 Å². The van der Waals surface area contributed by atoms with Gasteiger partial charge in [0.1, 0.15) is 17.9 Å². The lowest BCUT2D eigenvalue weighted by atomic mass is 9.96. The van der Waals surface area contributed by atoms with Gasteiger partial charge in [0.25, 0.3) is 5.91 Å². The first-order chi connectivity index (χ1) is 16.5. The Kier molecular flexibility index (Phi) is 5.54. The summed E-state index contributed by atoms with van der Waals surface area (Å²) >= 11 is 0. The summed E-state index contributed by atoms with van der Waals surface area (Å²) in [4.78, 5) is 29.2. The number of hydrogen-bond donors (Lipinski definition) is 0. The minimum atomic E-state index is -0.587. The van der Waals surface area contributed by atoms with Crippen LogP contribution in [0.25, 0.3) is 11.0 Å². The molecule has 4 aromatic rings. The molecule has 0 N–H and O–H groups in total. The van der Waals surface area contributed by atoms with Gasteiger partial charge in [-0.15, -0.1) is 0 Å². The summed E-state index contributed by atoms with van der Waals surface area (Å²) in [5.74, 6) is 0.468. The quantitative estimate of drug-likeness (QED) is 0.352. The molecular formula is C29H25NO4. The van der Waals surface area contributed by atoms with Crippen LogP contribution in [0.4, 0.5) is 0 Å². The molecule has 1 atom stereocenters. The van der Waals surface area contributed by atoms with Crippen molar-refractivity contribution in [2.24, 2.45) is 0 Å². The minimum Gasteiger partial charge on any atom is -0.490 e. The van der Waals surface area contributed by atoms with E-state index in [0.717, 1.165) is 22.3 Å². The van der Waals surface area contributed by atoms with E-state index in [4.69, 9.17) is 9.15 Å². The van der Waals surface area contributed by atoms with Crippen LogP contribution < -0.4 is 10.2 Å². The fourth-order valence-corrected chi connectivity index (χ4v) is 4.73. The maximum Gasteiger partial charge on any atom is 0.291 e. The molecule has 5 rings (SSSR count). The van der Waals surface area contributed by atoms with Crippen LogP contribution in [-0.2, 0) is 6.54 Å². The Balaban J connectivity index is 1.72. The first-order valence-electron chi connectivity index (χ1n) is 11.2. The number of carbonyl (C=O) groups excluding carboxylic acids is 1. The molecule has 0 radical (unpaired) electrons. The van der Waals surface area contributed by atoms with E-state index in [1.165, 1.54) is 0 Å². The van der Waals surface area contributed by atoms with Crippen molar-refractivity contribution in [3.05, 3.63) is 123 Å². The summed E-state index contributed by atoms with van der Waals surface area (Å²) in [5, 5.41) is 0.516. The molecular weight excluding hydrogens is 426 g/mol. The van der Waals surface area contributed by atoms with Crippen molar-refractivity contribution in [1.29, 1.82) is 0 Å². The van der Waals surface area contributed by atoms with Crippen LogP contribution >= 0.6 is 0 Å². The monoisotopic (exact) mass is 451 g/mol. The van der Waals surface area contributed by atoms with E-state index in [-0.39, 0.29) is 17.1 Å². The van der Waals surface area contributed by atoms with Crippen LogP contribution in [0, 0.1) is 13.8 Å². The molecule has 5 heteroatoms. The van der Waals surface area contributed by atoms with E-state index in [9.17, 15) is 9.59 Å². The summed E-state index contributed by atoms with van der Waals surface area (Å²) in [6.45, 7) is 8.25. The molecule has 1 amide bonds. The van der Waals surface area contributed by atoms with Gasteiger partial charge in [0.15, 0.2) is 5.43 Å². The second-order valence-electron chi connectivity index (χ2n) is 8.62. The van der Waals surface area contributed by atoms with Gasteiger partial charge in [0, 0.05) is 6.54 Å². The third-order valence-electron chi connectivity index (χ3n) is 6.15. The highest BCUT2D eigenvalue weighted by molar-refractivity contribution is 5.99. The molecule has 0 saturated heterocycles. The molecule has 34 heavy (non-hydrogen) atoms. The highest BCUT2D eigenvalue weighted by Crippen LogP contribution is 2.40. The van der Waals surface area contributed by atoms with Crippen LogP contribution in [0.5, 0.6) is 5.75 Å². The van der Waals surface area contributed by atoms with Gasteiger partial charge in [0.05, 0.1) is 17.0 Å². The zero-order chi connectivity index (χ0) is 23.8. The smallest absolute Gasteiger partial charge is 0.291 e. The number of nitrogens with zero attached hydrogens (tertiary/aromatic N) is 1. The second kappa shape index (κ2) is 8.67. The third-order valence-corrected chi connectivity index (χ3v) is 6.15. The Bertz CT molecular complexity index is 1470. The van der Waals surface area contributed by atoms with Crippen molar-refractivity contribution < 1.29 is 13.9 Å². The lowest BCUT2D eigenvalue weighted by Gasteiger charge is -2.25. The van der Waals surface area contributed by atoms with Gasteiger partial charge in [-0.25, -0.2) is 0 Å². The van der Waals surface area contributed by atoms with Crippen molar-refractivity contribution in [3.8, 4) is 5.75 Å². The van der Waals surface area contributed by atoms with Crippen LogP contribution in [-0.4, -0.2) is 17.4 Å². The molecule has 1 aliphatic heterocycles. The highest BCUT2D eigenvalue weighted by atomic mass is 16.5. The van der Waals surface area contributed by atoms with E-state index in [1.807, 2.05) is 80.6 Å². The van der Waals surface area contributed by atoms with Crippen LogP contribution in [0.2, 0.25) is 0 Å². The summed E-state index contributed by atoms with van der Waals surface area (Å²) < 4.78 is 11.9. The molecule has 0 spiro atoms. The van der Waals surface area contributed by atoms with Gasteiger partial charge in [-0.3, -0.25) is 9.59 Å². The van der Waals surface area contributed by atoms with Crippen LogP contribution in [0.15, 0.2) is 88.6 Å². The zero-order valence-electron chi connectivity index (χ0n) is 19.2. The zero-order valence-corrected chi connectivity index (χ0v) is 19.2. The number of fused-ring (bicyclic) bond motifs is 2. The molecule has 170 valence electrons. The fourth-order valence-electron chi connectivity index (χ4n) is 4.73. The van der Waals surface area contributed by atoms with E-state index < -0.39 is 6.04 Å².